The largest absolute Gasteiger partial charge is 0.495 e. The Kier molecular flexibility index (Phi) is 7.85. The van der Waals surface area contributed by atoms with Gasteiger partial charge in [-0.25, -0.2) is 9.78 Å². The van der Waals surface area contributed by atoms with Crippen LogP contribution in [-0.4, -0.2) is 62.6 Å². The molecule has 1 saturated heterocycles. The van der Waals surface area contributed by atoms with Crippen molar-refractivity contribution in [3.63, 3.8) is 0 Å². The van der Waals surface area contributed by atoms with Crippen LogP contribution in [0.25, 0.3) is 0 Å². The van der Waals surface area contributed by atoms with Crippen LogP contribution in [0.15, 0.2) is 42.6 Å². The highest BCUT2D eigenvalue weighted by molar-refractivity contribution is 6.32. The van der Waals surface area contributed by atoms with Gasteiger partial charge in [0.05, 0.1) is 45.0 Å². The van der Waals surface area contributed by atoms with Crippen LogP contribution in [0.2, 0.25) is 5.02 Å². The average Bonchev–Trinajstić information content (AvgIpc) is 3.75. The normalized spacial score (nSPS) is 15.0. The highest BCUT2D eigenvalue weighted by atomic mass is 35.5. The summed E-state index contributed by atoms with van der Waals surface area (Å²) in [6.45, 7) is 3.00. The van der Waals surface area contributed by atoms with E-state index in [1.165, 1.54) is 6.20 Å². The van der Waals surface area contributed by atoms with E-state index in [4.69, 9.17) is 25.8 Å². The van der Waals surface area contributed by atoms with E-state index in [2.05, 4.69) is 36.1 Å². The molecule has 200 valence electrons. The maximum atomic E-state index is 12.1. The molecule has 0 bridgehead atoms. The number of amides is 2. The average molecular weight is 540 g/mol. The lowest BCUT2D eigenvalue weighted by Crippen LogP contribution is -2.36. The van der Waals surface area contributed by atoms with Crippen LogP contribution in [0, 0.1) is 0 Å². The van der Waals surface area contributed by atoms with Crippen molar-refractivity contribution in [1.29, 1.82) is 0 Å². The Morgan fingerprint density at radius 1 is 1.03 bits per heavy atom. The fourth-order valence-electron chi connectivity index (χ4n) is 4.05. The minimum absolute atomic E-state index is 0.235. The molecule has 0 radical (unpaired) electrons. The number of urea groups is 1. The van der Waals surface area contributed by atoms with E-state index in [0.29, 0.717) is 47.1 Å². The number of rotatable bonds is 9. The number of hydrogen-bond acceptors (Lipinski definition) is 9. The predicted molar refractivity (Wildman–Crippen MR) is 148 cm³/mol. The van der Waals surface area contributed by atoms with Gasteiger partial charge in [0, 0.05) is 42.6 Å². The molecule has 5 rings (SSSR count). The van der Waals surface area contributed by atoms with Gasteiger partial charge in [0.25, 0.3) is 0 Å². The summed E-state index contributed by atoms with van der Waals surface area (Å²) in [5, 5.41) is 12.5. The predicted octanol–water partition coefficient (Wildman–Crippen LogP) is 4.75. The lowest BCUT2D eigenvalue weighted by molar-refractivity contribution is 0.122. The van der Waals surface area contributed by atoms with Crippen molar-refractivity contribution in [2.24, 2.45) is 0 Å². The molecule has 1 aromatic heterocycles. The fraction of sp³-hybridized carbons (Fsp3) is 0.346. The third-order valence-electron chi connectivity index (χ3n) is 6.16. The molecule has 3 aromatic rings. The summed E-state index contributed by atoms with van der Waals surface area (Å²) >= 11 is 6.40. The maximum absolute atomic E-state index is 12.1. The summed E-state index contributed by atoms with van der Waals surface area (Å²) in [6, 6.07) is 11.2. The Hall–Kier alpha value is -3.96. The number of carbonyl (C=O) groups is 1. The summed E-state index contributed by atoms with van der Waals surface area (Å²) in [4.78, 5) is 23.1. The van der Waals surface area contributed by atoms with Gasteiger partial charge in [0.15, 0.2) is 5.82 Å². The zero-order valence-electron chi connectivity index (χ0n) is 21.2. The number of morpholine rings is 1. The molecular formula is C26H30ClN7O4. The molecule has 2 fully saturated rings. The second kappa shape index (κ2) is 11.6. The number of nitrogens with one attached hydrogen (secondary N) is 4. The van der Waals surface area contributed by atoms with Crippen molar-refractivity contribution in [2.75, 3.05) is 61.4 Å². The number of ether oxygens (including phenoxy) is 3. The highest BCUT2D eigenvalue weighted by Crippen LogP contribution is 2.35. The minimum Gasteiger partial charge on any atom is -0.495 e. The highest BCUT2D eigenvalue weighted by Gasteiger charge is 2.23. The van der Waals surface area contributed by atoms with Gasteiger partial charge in [-0.3, -0.25) is 0 Å². The van der Waals surface area contributed by atoms with Gasteiger partial charge in [-0.1, -0.05) is 11.6 Å². The first-order valence-electron chi connectivity index (χ1n) is 12.4. The van der Waals surface area contributed by atoms with Gasteiger partial charge in [-0.05, 0) is 37.1 Å². The van der Waals surface area contributed by atoms with E-state index in [1.807, 2.05) is 18.2 Å². The molecule has 2 aliphatic rings. The molecule has 0 atom stereocenters. The third kappa shape index (κ3) is 6.29. The molecule has 0 unspecified atom stereocenters. The molecule has 11 nitrogen and oxygen atoms in total. The first-order chi connectivity index (χ1) is 18.5. The first kappa shape index (κ1) is 25.7. The van der Waals surface area contributed by atoms with Crippen LogP contribution >= 0.6 is 11.6 Å². The number of anilines is 6. The lowest BCUT2D eigenvalue weighted by atomic mass is 10.2. The monoisotopic (exact) mass is 539 g/mol. The van der Waals surface area contributed by atoms with Gasteiger partial charge < -0.3 is 40.4 Å². The van der Waals surface area contributed by atoms with E-state index < -0.39 is 0 Å². The number of hydrogen-bond donors (Lipinski definition) is 4. The Morgan fingerprint density at radius 3 is 2.50 bits per heavy atom. The van der Waals surface area contributed by atoms with Gasteiger partial charge in [-0.15, -0.1) is 0 Å². The number of halogens is 1. The molecular weight excluding hydrogens is 510 g/mol. The van der Waals surface area contributed by atoms with Crippen LogP contribution < -0.4 is 35.6 Å². The molecule has 1 saturated carbocycles. The summed E-state index contributed by atoms with van der Waals surface area (Å²) in [5.74, 6) is 2.01. The number of aromatic nitrogens is 2. The molecule has 4 N–H and O–H groups in total. The van der Waals surface area contributed by atoms with Gasteiger partial charge >= 0.3 is 6.03 Å². The Labute approximate surface area is 225 Å². The lowest BCUT2D eigenvalue weighted by Gasteiger charge is -2.30. The van der Waals surface area contributed by atoms with Crippen LogP contribution in [0.1, 0.15) is 12.8 Å². The van der Waals surface area contributed by atoms with E-state index >= 15 is 0 Å². The van der Waals surface area contributed by atoms with Crippen molar-refractivity contribution in [3.8, 4) is 11.5 Å². The van der Waals surface area contributed by atoms with E-state index in [9.17, 15) is 4.79 Å². The molecule has 2 amide bonds. The van der Waals surface area contributed by atoms with Gasteiger partial charge in [0.2, 0.25) is 5.95 Å². The van der Waals surface area contributed by atoms with E-state index in [-0.39, 0.29) is 12.1 Å². The molecule has 2 heterocycles. The minimum atomic E-state index is -0.235. The molecule has 12 heteroatoms. The summed E-state index contributed by atoms with van der Waals surface area (Å²) < 4.78 is 16.6. The SMILES string of the molecule is COc1cc(NC(=O)NC2CC2)ccc1Nc1ncc(Cl)c(Nc2ccc(N3CCOCC3)c(OC)c2)n1. The number of nitrogens with zero attached hydrogens (tertiary/aromatic N) is 3. The van der Waals surface area contributed by atoms with Crippen molar-refractivity contribution >= 4 is 52.1 Å². The molecule has 1 aliphatic carbocycles. The topological polar surface area (TPSA) is 122 Å². The van der Waals surface area contributed by atoms with E-state index in [1.54, 1.807) is 32.4 Å². The number of carbonyl (C=O) groups excluding carboxylic acids is 1. The fourth-order valence-corrected chi connectivity index (χ4v) is 4.18. The van der Waals surface area contributed by atoms with Crippen LogP contribution in [-0.2, 0) is 4.74 Å². The van der Waals surface area contributed by atoms with Crippen LogP contribution in [0.5, 0.6) is 11.5 Å². The van der Waals surface area contributed by atoms with Crippen molar-refractivity contribution in [2.45, 2.75) is 18.9 Å². The standard InChI is InChI=1S/C26H30ClN7O4/c1-36-22-13-18(31-26(35)30-16-3-4-16)5-7-20(22)32-25-28-15-19(27)24(33-25)29-17-6-8-21(23(14-17)37-2)34-9-11-38-12-10-34/h5-8,13-16H,3-4,9-12H2,1-2H3,(H2,30,31,35)(H2,28,29,32,33). The molecule has 1 aliphatic heterocycles. The quantitative estimate of drug-likeness (QED) is 0.305. The molecule has 0 spiro atoms. The number of benzene rings is 2. The first-order valence-corrected chi connectivity index (χ1v) is 12.7. The number of methoxy groups -OCH3 is 2. The van der Waals surface area contributed by atoms with Crippen molar-refractivity contribution in [3.05, 3.63) is 47.6 Å². The summed E-state index contributed by atoms with van der Waals surface area (Å²) in [7, 11) is 3.20. The zero-order valence-corrected chi connectivity index (χ0v) is 22.0. The zero-order chi connectivity index (χ0) is 26.5. The summed E-state index contributed by atoms with van der Waals surface area (Å²) in [6.07, 6.45) is 3.55. The Morgan fingerprint density at radius 2 is 1.76 bits per heavy atom. The maximum Gasteiger partial charge on any atom is 0.319 e. The van der Waals surface area contributed by atoms with Gasteiger partial charge in [-0.2, -0.15) is 4.98 Å². The second-order valence-electron chi connectivity index (χ2n) is 8.91. The molecule has 38 heavy (non-hydrogen) atoms. The van der Waals surface area contributed by atoms with Gasteiger partial charge in [0.1, 0.15) is 16.5 Å². The Bertz CT molecular complexity index is 1300. The Balaban J connectivity index is 1.30. The van der Waals surface area contributed by atoms with Crippen LogP contribution in [0.4, 0.5) is 39.3 Å². The third-order valence-corrected chi connectivity index (χ3v) is 6.43. The molecule has 2 aromatic carbocycles. The smallest absolute Gasteiger partial charge is 0.319 e. The van der Waals surface area contributed by atoms with Crippen molar-refractivity contribution < 1.29 is 19.0 Å². The summed E-state index contributed by atoms with van der Waals surface area (Å²) in [5.41, 5.74) is 3.01. The van der Waals surface area contributed by atoms with Crippen LogP contribution in [0.3, 0.4) is 0 Å². The van der Waals surface area contributed by atoms with E-state index in [0.717, 1.165) is 43.1 Å². The second-order valence-corrected chi connectivity index (χ2v) is 9.32. The van der Waals surface area contributed by atoms with Crippen molar-refractivity contribution in [1.82, 2.24) is 15.3 Å².